The van der Waals surface area contributed by atoms with Crippen LogP contribution in [0.1, 0.15) is 37.2 Å². The Hall–Kier alpha value is -1.02. The van der Waals surface area contributed by atoms with E-state index in [0.29, 0.717) is 12.0 Å². The van der Waals surface area contributed by atoms with Gasteiger partial charge in [0.2, 0.25) is 0 Å². The first-order valence-corrected chi connectivity index (χ1v) is 6.77. The van der Waals surface area contributed by atoms with E-state index in [4.69, 9.17) is 4.74 Å². The van der Waals surface area contributed by atoms with Crippen LogP contribution >= 0.6 is 0 Å². The van der Waals surface area contributed by atoms with Crippen LogP contribution in [0.25, 0.3) is 0 Å². The lowest BCUT2D eigenvalue weighted by Crippen LogP contribution is -2.36. The molecule has 0 bridgehead atoms. The Morgan fingerprint density at radius 1 is 1.35 bits per heavy atom. The highest BCUT2D eigenvalue weighted by atomic mass is 16.5. The van der Waals surface area contributed by atoms with Gasteiger partial charge in [-0.25, -0.2) is 0 Å². The van der Waals surface area contributed by atoms with E-state index in [-0.39, 0.29) is 0 Å². The molecule has 2 nitrogen and oxygen atoms in total. The molecule has 0 spiro atoms. The number of likely N-dealkylation sites (N-methyl/N-ethyl adjacent to an activating group) is 1. The molecule has 0 saturated heterocycles. The van der Waals surface area contributed by atoms with E-state index in [2.05, 4.69) is 36.6 Å². The topological polar surface area (TPSA) is 21.3 Å². The van der Waals surface area contributed by atoms with Gasteiger partial charge in [-0.15, -0.1) is 0 Å². The summed E-state index contributed by atoms with van der Waals surface area (Å²) in [5.41, 5.74) is 1.39. The Morgan fingerprint density at radius 3 is 2.88 bits per heavy atom. The lowest BCUT2D eigenvalue weighted by molar-refractivity contribution is 0.230. The fourth-order valence-electron chi connectivity index (χ4n) is 3.09. The molecular weight excluding hydrogens is 210 g/mol. The molecule has 2 unspecified atom stereocenters. The summed E-state index contributed by atoms with van der Waals surface area (Å²) in [7, 11) is 2.09. The highest BCUT2D eigenvalue weighted by molar-refractivity contribution is 5.40. The summed E-state index contributed by atoms with van der Waals surface area (Å²) in [5, 5.41) is 3.50. The van der Waals surface area contributed by atoms with Crippen LogP contribution in [0.4, 0.5) is 0 Å². The standard InChI is InChI=1S/C15H21NO/c1-16-14(9-11-5-4-6-11)13-10-17-15-8-3-2-7-12(13)15/h2-3,7-8,11,13-14,16H,4-6,9-10H2,1H3. The molecule has 1 N–H and O–H groups in total. The normalized spacial score (nSPS) is 24.9. The summed E-state index contributed by atoms with van der Waals surface area (Å²) in [6.07, 6.45) is 5.58. The van der Waals surface area contributed by atoms with Crippen LogP contribution in [0, 0.1) is 5.92 Å². The summed E-state index contributed by atoms with van der Waals surface area (Å²) < 4.78 is 5.79. The van der Waals surface area contributed by atoms with Crippen LogP contribution < -0.4 is 10.1 Å². The zero-order chi connectivity index (χ0) is 11.7. The predicted molar refractivity (Wildman–Crippen MR) is 69.5 cm³/mol. The number of ether oxygens (including phenoxy) is 1. The van der Waals surface area contributed by atoms with Gasteiger partial charge in [0.1, 0.15) is 5.75 Å². The van der Waals surface area contributed by atoms with Crippen molar-refractivity contribution in [1.29, 1.82) is 0 Å². The third-order valence-corrected chi connectivity index (χ3v) is 4.41. The van der Waals surface area contributed by atoms with Gasteiger partial charge >= 0.3 is 0 Å². The maximum absolute atomic E-state index is 5.79. The summed E-state index contributed by atoms with van der Waals surface area (Å²) >= 11 is 0. The molecule has 2 atom stereocenters. The van der Waals surface area contributed by atoms with Crippen LogP contribution in [0.15, 0.2) is 24.3 Å². The number of hydrogen-bond donors (Lipinski definition) is 1. The summed E-state index contributed by atoms with van der Waals surface area (Å²) in [4.78, 5) is 0. The number of hydrogen-bond acceptors (Lipinski definition) is 2. The fourth-order valence-corrected chi connectivity index (χ4v) is 3.09. The van der Waals surface area contributed by atoms with Crippen LogP contribution in [0.2, 0.25) is 0 Å². The van der Waals surface area contributed by atoms with Gasteiger partial charge in [0.15, 0.2) is 0 Å². The predicted octanol–water partition coefficient (Wildman–Crippen LogP) is 2.94. The third kappa shape index (κ3) is 2.06. The minimum atomic E-state index is 0.539. The van der Waals surface area contributed by atoms with Gasteiger partial charge in [0, 0.05) is 17.5 Å². The largest absolute Gasteiger partial charge is 0.493 e. The fraction of sp³-hybridized carbons (Fsp3) is 0.600. The Balaban J connectivity index is 1.74. The van der Waals surface area contributed by atoms with Crippen LogP contribution in [0.5, 0.6) is 5.75 Å². The molecule has 1 heterocycles. The van der Waals surface area contributed by atoms with Gasteiger partial charge in [-0.1, -0.05) is 37.5 Å². The average Bonchev–Trinajstić information content (AvgIpc) is 2.72. The SMILES string of the molecule is CNC(CC1CCC1)C1COc2ccccc21. The molecule has 1 aromatic carbocycles. The van der Waals surface area contributed by atoms with Crippen molar-refractivity contribution in [2.75, 3.05) is 13.7 Å². The number of rotatable bonds is 4. The summed E-state index contributed by atoms with van der Waals surface area (Å²) in [5.74, 6) is 2.57. The maximum Gasteiger partial charge on any atom is 0.122 e. The van der Waals surface area contributed by atoms with Crippen molar-refractivity contribution in [2.45, 2.75) is 37.6 Å². The van der Waals surface area contributed by atoms with Crippen molar-refractivity contribution in [3.8, 4) is 5.75 Å². The molecule has 1 fully saturated rings. The lowest BCUT2D eigenvalue weighted by Gasteiger charge is -2.32. The minimum Gasteiger partial charge on any atom is -0.493 e. The van der Waals surface area contributed by atoms with Crippen molar-refractivity contribution in [3.63, 3.8) is 0 Å². The summed E-state index contributed by atoms with van der Waals surface area (Å²) in [6, 6.07) is 9.06. The second-order valence-corrected chi connectivity index (χ2v) is 5.38. The summed E-state index contributed by atoms with van der Waals surface area (Å²) in [6.45, 7) is 0.845. The number of para-hydroxylation sites is 1. The van der Waals surface area contributed by atoms with Gasteiger partial charge < -0.3 is 10.1 Å². The molecule has 2 aliphatic rings. The third-order valence-electron chi connectivity index (χ3n) is 4.41. The van der Waals surface area contributed by atoms with Crippen molar-refractivity contribution in [3.05, 3.63) is 29.8 Å². The zero-order valence-electron chi connectivity index (χ0n) is 10.5. The zero-order valence-corrected chi connectivity index (χ0v) is 10.5. The molecule has 1 aliphatic heterocycles. The maximum atomic E-state index is 5.79. The number of benzene rings is 1. The first kappa shape index (κ1) is 11.1. The molecule has 3 rings (SSSR count). The van der Waals surface area contributed by atoms with E-state index in [9.17, 15) is 0 Å². The highest BCUT2D eigenvalue weighted by Crippen LogP contribution is 2.39. The Morgan fingerprint density at radius 2 is 2.18 bits per heavy atom. The Bertz CT molecular complexity index is 386. The van der Waals surface area contributed by atoms with E-state index < -0.39 is 0 Å². The Labute approximate surface area is 103 Å². The number of fused-ring (bicyclic) bond motifs is 1. The van der Waals surface area contributed by atoms with Crippen molar-refractivity contribution >= 4 is 0 Å². The van der Waals surface area contributed by atoms with Crippen LogP contribution in [0.3, 0.4) is 0 Å². The molecule has 2 heteroatoms. The minimum absolute atomic E-state index is 0.539. The van der Waals surface area contributed by atoms with Gasteiger partial charge in [0.05, 0.1) is 6.61 Å². The monoisotopic (exact) mass is 231 g/mol. The Kier molecular flexibility index (Phi) is 3.06. The van der Waals surface area contributed by atoms with Crippen molar-refractivity contribution in [2.24, 2.45) is 5.92 Å². The first-order valence-electron chi connectivity index (χ1n) is 6.77. The van der Waals surface area contributed by atoms with E-state index >= 15 is 0 Å². The van der Waals surface area contributed by atoms with Gasteiger partial charge in [0.25, 0.3) is 0 Å². The molecule has 0 radical (unpaired) electrons. The van der Waals surface area contributed by atoms with Crippen molar-refractivity contribution in [1.82, 2.24) is 5.32 Å². The molecule has 0 amide bonds. The molecule has 1 aliphatic carbocycles. The van der Waals surface area contributed by atoms with Crippen LogP contribution in [-0.2, 0) is 0 Å². The molecule has 92 valence electrons. The van der Waals surface area contributed by atoms with E-state index in [1.165, 1.54) is 31.2 Å². The average molecular weight is 231 g/mol. The van der Waals surface area contributed by atoms with E-state index in [1.54, 1.807) is 0 Å². The quantitative estimate of drug-likeness (QED) is 0.860. The molecule has 1 saturated carbocycles. The van der Waals surface area contributed by atoms with Gasteiger partial charge in [-0.3, -0.25) is 0 Å². The number of nitrogens with one attached hydrogen (secondary N) is 1. The smallest absolute Gasteiger partial charge is 0.122 e. The molecular formula is C15H21NO. The molecule has 17 heavy (non-hydrogen) atoms. The van der Waals surface area contributed by atoms with Crippen LogP contribution in [-0.4, -0.2) is 19.7 Å². The second-order valence-electron chi connectivity index (χ2n) is 5.38. The van der Waals surface area contributed by atoms with Crippen molar-refractivity contribution < 1.29 is 4.74 Å². The highest BCUT2D eigenvalue weighted by Gasteiger charge is 2.32. The van der Waals surface area contributed by atoms with Gasteiger partial charge in [-0.2, -0.15) is 0 Å². The second kappa shape index (κ2) is 4.69. The molecule has 0 aromatic heterocycles. The van der Waals surface area contributed by atoms with E-state index in [1.807, 2.05) is 0 Å². The first-order chi connectivity index (χ1) is 8.38. The lowest BCUT2D eigenvalue weighted by atomic mass is 9.77. The van der Waals surface area contributed by atoms with E-state index in [0.717, 1.165) is 18.3 Å². The molecule has 1 aromatic rings. The van der Waals surface area contributed by atoms with Gasteiger partial charge in [-0.05, 0) is 25.5 Å².